The van der Waals surface area contributed by atoms with Gasteiger partial charge in [0.05, 0.1) is 17.2 Å². The van der Waals surface area contributed by atoms with E-state index in [-0.39, 0.29) is 24.6 Å². The second-order valence-electron chi connectivity index (χ2n) is 6.27. The van der Waals surface area contributed by atoms with E-state index in [2.05, 4.69) is 5.32 Å². The van der Waals surface area contributed by atoms with Crippen LogP contribution in [0.4, 0.5) is 24.5 Å². The molecule has 1 atom stereocenters. The van der Waals surface area contributed by atoms with E-state index >= 15 is 0 Å². The molecule has 0 bridgehead atoms. The highest BCUT2D eigenvalue weighted by Gasteiger charge is 2.37. The quantitative estimate of drug-likeness (QED) is 0.897. The molecule has 1 unspecified atom stereocenters. The zero-order valence-corrected chi connectivity index (χ0v) is 14.0. The molecule has 1 saturated heterocycles. The van der Waals surface area contributed by atoms with E-state index in [1.165, 1.54) is 23.1 Å². The van der Waals surface area contributed by atoms with Gasteiger partial charge >= 0.3 is 6.18 Å². The summed E-state index contributed by atoms with van der Waals surface area (Å²) in [4.78, 5) is 26.1. The summed E-state index contributed by atoms with van der Waals surface area (Å²) in [6.45, 7) is 2.06. The van der Waals surface area contributed by atoms with E-state index < -0.39 is 23.6 Å². The standard InChI is InChI=1S/C19H17F3N2O2/c1-12-6-8-14(9-7-12)24-11-13(10-17(24)25)18(26)23-16-5-3-2-4-15(16)19(20,21)22/h2-9,13H,10-11H2,1H3,(H,23,26). The van der Waals surface area contributed by atoms with E-state index in [1.54, 1.807) is 12.1 Å². The van der Waals surface area contributed by atoms with Crippen molar-refractivity contribution in [3.05, 3.63) is 59.7 Å². The molecular weight excluding hydrogens is 345 g/mol. The first-order valence-electron chi connectivity index (χ1n) is 8.10. The predicted molar refractivity (Wildman–Crippen MR) is 91.7 cm³/mol. The molecule has 1 aliphatic rings. The first-order valence-corrected chi connectivity index (χ1v) is 8.10. The molecule has 4 nitrogen and oxygen atoms in total. The third kappa shape index (κ3) is 3.71. The van der Waals surface area contributed by atoms with Crippen LogP contribution in [0.3, 0.4) is 0 Å². The van der Waals surface area contributed by atoms with Crippen molar-refractivity contribution >= 4 is 23.2 Å². The largest absolute Gasteiger partial charge is 0.418 e. The number of alkyl halides is 3. The molecule has 1 aliphatic heterocycles. The highest BCUT2D eigenvalue weighted by molar-refractivity contribution is 6.03. The molecule has 2 aromatic carbocycles. The molecular formula is C19H17F3N2O2. The zero-order valence-electron chi connectivity index (χ0n) is 14.0. The van der Waals surface area contributed by atoms with Gasteiger partial charge in [-0.15, -0.1) is 0 Å². The van der Waals surface area contributed by atoms with Gasteiger partial charge in [0.2, 0.25) is 11.8 Å². The molecule has 7 heteroatoms. The van der Waals surface area contributed by atoms with Gasteiger partial charge < -0.3 is 10.2 Å². The van der Waals surface area contributed by atoms with Gasteiger partial charge in [0.25, 0.3) is 0 Å². The number of aryl methyl sites for hydroxylation is 1. The number of amides is 2. The van der Waals surface area contributed by atoms with Crippen LogP contribution in [-0.4, -0.2) is 18.4 Å². The summed E-state index contributed by atoms with van der Waals surface area (Å²) < 4.78 is 39.1. The average Bonchev–Trinajstić information content (AvgIpc) is 2.97. The van der Waals surface area contributed by atoms with E-state index in [1.807, 2.05) is 19.1 Å². The van der Waals surface area contributed by atoms with Gasteiger partial charge in [-0.1, -0.05) is 29.8 Å². The molecule has 1 N–H and O–H groups in total. The fourth-order valence-corrected chi connectivity index (χ4v) is 2.93. The van der Waals surface area contributed by atoms with Gasteiger partial charge in [-0.3, -0.25) is 9.59 Å². The second kappa shape index (κ2) is 6.82. The number of para-hydroxylation sites is 1. The number of anilines is 2. The monoisotopic (exact) mass is 362 g/mol. The normalized spacial score (nSPS) is 17.5. The molecule has 0 aliphatic carbocycles. The van der Waals surface area contributed by atoms with Gasteiger partial charge in [0.1, 0.15) is 0 Å². The molecule has 1 fully saturated rings. The fraction of sp³-hybridized carbons (Fsp3) is 0.263. The lowest BCUT2D eigenvalue weighted by atomic mass is 10.1. The van der Waals surface area contributed by atoms with Crippen LogP contribution < -0.4 is 10.2 Å². The summed E-state index contributed by atoms with van der Waals surface area (Å²) in [5.41, 5.74) is 0.504. The Bertz CT molecular complexity index is 831. The number of rotatable bonds is 3. The molecule has 0 radical (unpaired) electrons. The minimum atomic E-state index is -4.57. The Hall–Kier alpha value is -2.83. The molecule has 3 rings (SSSR count). The Morgan fingerprint density at radius 1 is 1.12 bits per heavy atom. The predicted octanol–water partition coefficient (Wildman–Crippen LogP) is 4.01. The highest BCUT2D eigenvalue weighted by Crippen LogP contribution is 2.35. The van der Waals surface area contributed by atoms with Crippen molar-refractivity contribution in [3.8, 4) is 0 Å². The van der Waals surface area contributed by atoms with E-state index in [9.17, 15) is 22.8 Å². The molecule has 2 amide bonds. The molecule has 26 heavy (non-hydrogen) atoms. The van der Waals surface area contributed by atoms with Gasteiger partial charge in [-0.2, -0.15) is 13.2 Å². The Kier molecular flexibility index (Phi) is 4.71. The van der Waals surface area contributed by atoms with Crippen LogP contribution >= 0.6 is 0 Å². The first-order chi connectivity index (χ1) is 12.3. The number of carbonyl (C=O) groups is 2. The van der Waals surface area contributed by atoms with Crippen LogP contribution in [0.1, 0.15) is 17.5 Å². The lowest BCUT2D eigenvalue weighted by molar-refractivity contribution is -0.137. The van der Waals surface area contributed by atoms with Crippen molar-refractivity contribution < 1.29 is 22.8 Å². The van der Waals surface area contributed by atoms with Gasteiger partial charge in [-0.25, -0.2) is 0 Å². The number of carbonyl (C=O) groups excluding carboxylic acids is 2. The lowest BCUT2D eigenvalue weighted by Gasteiger charge is -2.18. The number of hydrogen-bond acceptors (Lipinski definition) is 2. The number of hydrogen-bond donors (Lipinski definition) is 1. The van der Waals surface area contributed by atoms with Crippen molar-refractivity contribution in [2.75, 3.05) is 16.8 Å². The van der Waals surface area contributed by atoms with Crippen molar-refractivity contribution in [1.29, 1.82) is 0 Å². The summed E-state index contributed by atoms with van der Waals surface area (Å²) in [5, 5.41) is 2.32. The third-order valence-electron chi connectivity index (χ3n) is 4.33. The maximum atomic E-state index is 13.0. The van der Waals surface area contributed by atoms with Crippen molar-refractivity contribution in [3.63, 3.8) is 0 Å². The van der Waals surface area contributed by atoms with Crippen LogP contribution in [-0.2, 0) is 15.8 Å². The summed E-state index contributed by atoms with van der Waals surface area (Å²) in [6, 6.07) is 12.1. The van der Waals surface area contributed by atoms with Gasteiger partial charge in [-0.05, 0) is 31.2 Å². The summed E-state index contributed by atoms with van der Waals surface area (Å²) in [5.74, 6) is -1.52. The number of nitrogens with one attached hydrogen (secondary N) is 1. The molecule has 1 heterocycles. The molecule has 2 aromatic rings. The van der Waals surface area contributed by atoms with E-state index in [0.717, 1.165) is 11.6 Å². The highest BCUT2D eigenvalue weighted by atomic mass is 19.4. The van der Waals surface area contributed by atoms with Crippen LogP contribution in [0.25, 0.3) is 0 Å². The number of benzene rings is 2. The minimum Gasteiger partial charge on any atom is -0.325 e. The Labute approximate surface area is 148 Å². The van der Waals surface area contributed by atoms with Crippen molar-refractivity contribution in [2.24, 2.45) is 5.92 Å². The third-order valence-corrected chi connectivity index (χ3v) is 4.33. The zero-order chi connectivity index (χ0) is 18.9. The molecule has 0 aromatic heterocycles. The number of nitrogens with zero attached hydrogens (tertiary/aromatic N) is 1. The van der Waals surface area contributed by atoms with Crippen LogP contribution in [0.5, 0.6) is 0 Å². The Morgan fingerprint density at radius 2 is 1.77 bits per heavy atom. The summed E-state index contributed by atoms with van der Waals surface area (Å²) in [7, 11) is 0. The number of halogens is 3. The smallest absolute Gasteiger partial charge is 0.325 e. The van der Waals surface area contributed by atoms with Crippen LogP contribution in [0.2, 0.25) is 0 Å². The molecule has 136 valence electrons. The molecule has 0 saturated carbocycles. The summed E-state index contributed by atoms with van der Waals surface area (Å²) >= 11 is 0. The maximum absolute atomic E-state index is 13.0. The Balaban J connectivity index is 1.74. The van der Waals surface area contributed by atoms with Crippen molar-refractivity contribution in [2.45, 2.75) is 19.5 Å². The van der Waals surface area contributed by atoms with Gasteiger partial charge in [0.15, 0.2) is 0 Å². The van der Waals surface area contributed by atoms with E-state index in [4.69, 9.17) is 0 Å². The fourth-order valence-electron chi connectivity index (χ4n) is 2.93. The second-order valence-corrected chi connectivity index (χ2v) is 6.27. The van der Waals surface area contributed by atoms with Crippen LogP contribution in [0, 0.1) is 12.8 Å². The van der Waals surface area contributed by atoms with Crippen LogP contribution in [0.15, 0.2) is 48.5 Å². The van der Waals surface area contributed by atoms with Crippen molar-refractivity contribution in [1.82, 2.24) is 0 Å². The lowest BCUT2D eigenvalue weighted by Crippen LogP contribution is -2.28. The average molecular weight is 362 g/mol. The minimum absolute atomic E-state index is 0.0338. The maximum Gasteiger partial charge on any atom is 0.418 e. The van der Waals surface area contributed by atoms with E-state index in [0.29, 0.717) is 5.69 Å². The SMILES string of the molecule is Cc1ccc(N2CC(C(=O)Nc3ccccc3C(F)(F)F)CC2=O)cc1. The topological polar surface area (TPSA) is 49.4 Å². The Morgan fingerprint density at radius 3 is 2.42 bits per heavy atom. The molecule has 0 spiro atoms. The van der Waals surface area contributed by atoms with Gasteiger partial charge in [0, 0.05) is 18.7 Å². The summed E-state index contributed by atoms with van der Waals surface area (Å²) in [6.07, 6.45) is -4.60. The first kappa shape index (κ1) is 18.0.